The highest BCUT2D eigenvalue weighted by atomic mass is 79.9. The van der Waals surface area contributed by atoms with Gasteiger partial charge in [-0.3, -0.25) is 0 Å². The summed E-state index contributed by atoms with van der Waals surface area (Å²) in [5, 5.41) is 9.24. The summed E-state index contributed by atoms with van der Waals surface area (Å²) < 4.78 is 3.20. The maximum atomic E-state index is 11.3. The first-order chi connectivity index (χ1) is 10.1. The summed E-state index contributed by atoms with van der Waals surface area (Å²) in [5.41, 5.74) is 1.70. The molecular weight excluding hydrogens is 352 g/mol. The van der Waals surface area contributed by atoms with Gasteiger partial charge in [-0.05, 0) is 53.5 Å². The molecule has 2 heterocycles. The molecule has 0 fully saturated rings. The average molecular weight is 365 g/mol. The van der Waals surface area contributed by atoms with Crippen molar-refractivity contribution in [3.63, 3.8) is 0 Å². The Morgan fingerprint density at radius 1 is 1.38 bits per heavy atom. The number of carboxylic acid groups (broad SMARTS) is 1. The number of rotatable bonds is 4. The number of aromatic nitrogens is 2. The highest BCUT2D eigenvalue weighted by Crippen LogP contribution is 2.24. The van der Waals surface area contributed by atoms with Crippen molar-refractivity contribution in [2.24, 2.45) is 0 Å². The number of nitrogens with zero attached hydrogens (tertiary/aromatic N) is 2. The number of aryl methyl sites for hydroxylation is 3. The van der Waals surface area contributed by atoms with Crippen LogP contribution in [-0.2, 0) is 13.0 Å². The third-order valence-corrected chi connectivity index (χ3v) is 5.09. The van der Waals surface area contributed by atoms with E-state index in [-0.39, 0.29) is 5.56 Å². The van der Waals surface area contributed by atoms with Crippen LogP contribution in [0.3, 0.4) is 0 Å². The quantitative estimate of drug-likeness (QED) is 0.757. The number of fused-ring (bicyclic) bond motifs is 1. The highest BCUT2D eigenvalue weighted by molar-refractivity contribution is 9.11. The average Bonchev–Trinajstić information content (AvgIpc) is 2.98. The van der Waals surface area contributed by atoms with E-state index in [9.17, 15) is 9.90 Å². The van der Waals surface area contributed by atoms with Gasteiger partial charge in [0.1, 0.15) is 11.3 Å². The van der Waals surface area contributed by atoms with Crippen LogP contribution < -0.4 is 0 Å². The van der Waals surface area contributed by atoms with Gasteiger partial charge in [0.05, 0.1) is 14.9 Å². The van der Waals surface area contributed by atoms with Crippen LogP contribution in [-0.4, -0.2) is 20.6 Å². The Kier molecular flexibility index (Phi) is 3.82. The van der Waals surface area contributed by atoms with E-state index < -0.39 is 5.97 Å². The van der Waals surface area contributed by atoms with E-state index in [1.807, 2.05) is 19.1 Å². The molecule has 0 amide bonds. The third-order valence-electron chi connectivity index (χ3n) is 3.41. The maximum Gasteiger partial charge on any atom is 0.337 e. The molecule has 6 heteroatoms. The van der Waals surface area contributed by atoms with Crippen molar-refractivity contribution in [1.82, 2.24) is 9.55 Å². The Bertz CT molecular complexity index is 822. The fourth-order valence-electron chi connectivity index (χ4n) is 2.43. The summed E-state index contributed by atoms with van der Waals surface area (Å²) >= 11 is 5.18. The van der Waals surface area contributed by atoms with Crippen molar-refractivity contribution in [3.8, 4) is 0 Å². The third kappa shape index (κ3) is 2.73. The van der Waals surface area contributed by atoms with Crippen LogP contribution in [0.5, 0.6) is 0 Å². The fraction of sp³-hybridized carbons (Fsp3) is 0.200. The van der Waals surface area contributed by atoms with Gasteiger partial charge >= 0.3 is 5.97 Å². The van der Waals surface area contributed by atoms with Gasteiger partial charge in [0.25, 0.3) is 0 Å². The van der Waals surface area contributed by atoms with Crippen molar-refractivity contribution in [2.45, 2.75) is 19.9 Å². The van der Waals surface area contributed by atoms with Gasteiger partial charge in [0, 0.05) is 11.4 Å². The molecule has 0 aliphatic heterocycles. The predicted octanol–water partition coefficient (Wildman–Crippen LogP) is 4.11. The van der Waals surface area contributed by atoms with Crippen molar-refractivity contribution < 1.29 is 9.90 Å². The highest BCUT2D eigenvalue weighted by Gasteiger charge is 2.14. The van der Waals surface area contributed by atoms with Gasteiger partial charge in [-0.1, -0.05) is 6.07 Å². The molecule has 0 bridgehead atoms. The number of halogens is 1. The summed E-state index contributed by atoms with van der Waals surface area (Å²) in [6.07, 6.45) is 0.903. The summed E-state index contributed by atoms with van der Waals surface area (Å²) in [4.78, 5) is 17.0. The number of hydrogen-bond donors (Lipinski definition) is 1. The molecule has 2 aromatic heterocycles. The smallest absolute Gasteiger partial charge is 0.337 e. The Morgan fingerprint density at radius 3 is 2.86 bits per heavy atom. The molecule has 0 radical (unpaired) electrons. The largest absolute Gasteiger partial charge is 0.478 e. The Balaban J connectivity index is 1.97. The van der Waals surface area contributed by atoms with Gasteiger partial charge in [-0.2, -0.15) is 0 Å². The molecule has 0 aliphatic carbocycles. The van der Waals surface area contributed by atoms with Crippen LogP contribution in [0, 0.1) is 6.92 Å². The minimum atomic E-state index is -0.938. The van der Waals surface area contributed by atoms with Crippen LogP contribution in [0.15, 0.2) is 34.1 Å². The lowest BCUT2D eigenvalue weighted by molar-refractivity contribution is 0.0699. The Hall–Kier alpha value is -1.66. The summed E-state index contributed by atoms with van der Waals surface area (Å²) in [5.74, 6) is -0.0956. The molecule has 0 spiro atoms. The first kappa shape index (κ1) is 14.3. The van der Waals surface area contributed by atoms with Crippen LogP contribution in [0.25, 0.3) is 11.0 Å². The lowest BCUT2D eigenvalue weighted by atomic mass is 10.2. The van der Waals surface area contributed by atoms with E-state index in [1.165, 1.54) is 4.88 Å². The second-order valence-electron chi connectivity index (χ2n) is 4.74. The molecule has 1 N–H and O–H groups in total. The number of para-hydroxylation sites is 1. The normalized spacial score (nSPS) is 11.1. The van der Waals surface area contributed by atoms with E-state index in [0.29, 0.717) is 5.52 Å². The molecule has 0 unspecified atom stereocenters. The zero-order valence-electron chi connectivity index (χ0n) is 11.3. The number of thiophene rings is 1. The van der Waals surface area contributed by atoms with Gasteiger partial charge in [0.15, 0.2) is 0 Å². The molecule has 0 saturated heterocycles. The molecule has 1 aromatic carbocycles. The first-order valence-corrected chi connectivity index (χ1v) is 8.10. The van der Waals surface area contributed by atoms with Gasteiger partial charge in [-0.25, -0.2) is 9.78 Å². The predicted molar refractivity (Wildman–Crippen MR) is 87.2 cm³/mol. The van der Waals surface area contributed by atoms with Crippen molar-refractivity contribution in [1.29, 1.82) is 0 Å². The van der Waals surface area contributed by atoms with Crippen LogP contribution in [0.4, 0.5) is 0 Å². The first-order valence-electron chi connectivity index (χ1n) is 6.49. The van der Waals surface area contributed by atoms with E-state index in [0.717, 1.165) is 28.1 Å². The van der Waals surface area contributed by atoms with E-state index in [1.54, 1.807) is 23.5 Å². The molecule has 3 aromatic rings. The summed E-state index contributed by atoms with van der Waals surface area (Å²) in [6, 6.07) is 9.43. The number of aromatic carboxylic acids is 1. The Morgan fingerprint density at radius 2 is 2.19 bits per heavy atom. The number of hydrogen-bond acceptors (Lipinski definition) is 3. The second-order valence-corrected chi connectivity index (χ2v) is 7.29. The lowest BCUT2D eigenvalue weighted by Crippen LogP contribution is -2.03. The van der Waals surface area contributed by atoms with E-state index in [4.69, 9.17) is 0 Å². The monoisotopic (exact) mass is 364 g/mol. The van der Waals surface area contributed by atoms with Gasteiger partial charge in [0.2, 0.25) is 0 Å². The van der Waals surface area contributed by atoms with Crippen LogP contribution in [0.1, 0.15) is 21.1 Å². The second kappa shape index (κ2) is 5.61. The van der Waals surface area contributed by atoms with Crippen molar-refractivity contribution >= 4 is 44.3 Å². The standard InChI is InChI=1S/C15H13BrN2O2S/c1-9-17-14-11(15(19)20)3-2-4-12(14)18(9)8-7-10-5-6-13(16)21-10/h2-6H,7-8H2,1H3,(H,19,20). The summed E-state index contributed by atoms with van der Waals surface area (Å²) in [7, 11) is 0. The Labute approximate surface area is 134 Å². The van der Waals surface area contributed by atoms with Crippen molar-refractivity contribution in [2.75, 3.05) is 0 Å². The molecule has 108 valence electrons. The topological polar surface area (TPSA) is 55.1 Å². The van der Waals surface area contributed by atoms with Crippen LogP contribution >= 0.6 is 27.3 Å². The number of carbonyl (C=O) groups is 1. The minimum Gasteiger partial charge on any atom is -0.478 e. The lowest BCUT2D eigenvalue weighted by Gasteiger charge is -2.06. The fourth-order valence-corrected chi connectivity index (χ4v) is 3.90. The molecule has 0 saturated carbocycles. The number of benzene rings is 1. The zero-order chi connectivity index (χ0) is 15.0. The van der Waals surface area contributed by atoms with E-state index in [2.05, 4.69) is 31.5 Å². The zero-order valence-corrected chi connectivity index (χ0v) is 13.7. The maximum absolute atomic E-state index is 11.3. The molecule has 0 atom stereocenters. The number of carboxylic acids is 1. The SMILES string of the molecule is Cc1nc2c(C(=O)O)cccc2n1CCc1ccc(Br)s1. The van der Waals surface area contributed by atoms with Gasteiger partial charge in [-0.15, -0.1) is 11.3 Å². The summed E-state index contributed by atoms with van der Waals surface area (Å²) in [6.45, 7) is 2.70. The molecule has 3 rings (SSSR count). The van der Waals surface area contributed by atoms with E-state index >= 15 is 0 Å². The van der Waals surface area contributed by atoms with Gasteiger partial charge < -0.3 is 9.67 Å². The number of imidazole rings is 1. The molecular formula is C15H13BrN2O2S. The van der Waals surface area contributed by atoms with Crippen molar-refractivity contribution in [3.05, 3.63) is 50.4 Å². The van der Waals surface area contributed by atoms with Crippen LogP contribution in [0.2, 0.25) is 0 Å². The molecule has 0 aliphatic rings. The minimum absolute atomic E-state index is 0.258. The molecule has 4 nitrogen and oxygen atoms in total. The molecule has 21 heavy (non-hydrogen) atoms.